The van der Waals surface area contributed by atoms with E-state index in [0.29, 0.717) is 23.4 Å². The van der Waals surface area contributed by atoms with Gasteiger partial charge in [0.1, 0.15) is 0 Å². The van der Waals surface area contributed by atoms with Gasteiger partial charge in [0.2, 0.25) is 5.91 Å². The van der Waals surface area contributed by atoms with Crippen molar-refractivity contribution in [3.05, 3.63) is 76.1 Å². The van der Waals surface area contributed by atoms with Crippen LogP contribution >= 0.6 is 0 Å². The summed E-state index contributed by atoms with van der Waals surface area (Å²) in [6, 6.07) is 18.3. The number of nitrogens with zero attached hydrogens (tertiary/aromatic N) is 2. The van der Waals surface area contributed by atoms with Crippen LogP contribution in [-0.4, -0.2) is 10.5 Å². The number of carbonyl (C=O) groups is 1. The summed E-state index contributed by atoms with van der Waals surface area (Å²) < 4.78 is 1.63. The number of nitrogens with one attached hydrogen (secondary N) is 1. The molecular formula is C20H17N3O2. The standard InChI is InChI=1S/C20H17N3O2/c1-14-11-16-6-2-3-8-18(16)23(20(14)25)10-9-19(24)22-17-7-4-5-15(12-17)13-21/h2-8,11-12H,9-10H2,1H3,(H,22,24). The molecule has 0 unspecified atom stereocenters. The molecule has 0 atom stereocenters. The lowest BCUT2D eigenvalue weighted by Crippen LogP contribution is -2.25. The number of aromatic nitrogens is 1. The highest BCUT2D eigenvalue weighted by Crippen LogP contribution is 2.14. The molecule has 1 heterocycles. The van der Waals surface area contributed by atoms with Crippen LogP contribution < -0.4 is 10.9 Å². The molecule has 1 N–H and O–H groups in total. The molecule has 0 bridgehead atoms. The summed E-state index contributed by atoms with van der Waals surface area (Å²) in [5, 5.41) is 12.6. The lowest BCUT2D eigenvalue weighted by atomic mass is 10.1. The van der Waals surface area contributed by atoms with Crippen molar-refractivity contribution in [2.45, 2.75) is 19.9 Å². The Balaban J connectivity index is 1.78. The molecule has 0 saturated heterocycles. The zero-order chi connectivity index (χ0) is 17.8. The number of aryl methyl sites for hydroxylation is 2. The molecule has 1 aromatic heterocycles. The molecule has 3 rings (SSSR count). The predicted octanol–water partition coefficient (Wildman–Crippen LogP) is 3.21. The molecular weight excluding hydrogens is 314 g/mol. The fourth-order valence-electron chi connectivity index (χ4n) is 2.80. The van der Waals surface area contributed by atoms with E-state index in [1.54, 1.807) is 35.8 Å². The Labute approximate surface area is 145 Å². The summed E-state index contributed by atoms with van der Waals surface area (Å²) in [6.07, 6.45) is 0.171. The van der Waals surface area contributed by atoms with E-state index in [-0.39, 0.29) is 17.9 Å². The normalized spacial score (nSPS) is 10.4. The van der Waals surface area contributed by atoms with Crippen molar-refractivity contribution in [2.24, 2.45) is 0 Å². The van der Waals surface area contributed by atoms with Gasteiger partial charge in [-0.1, -0.05) is 24.3 Å². The maximum absolute atomic E-state index is 12.4. The van der Waals surface area contributed by atoms with Crippen molar-refractivity contribution in [2.75, 3.05) is 5.32 Å². The Morgan fingerprint density at radius 3 is 2.76 bits per heavy atom. The Morgan fingerprint density at radius 1 is 1.16 bits per heavy atom. The molecule has 0 aliphatic heterocycles. The van der Waals surface area contributed by atoms with Crippen LogP contribution in [0.25, 0.3) is 10.9 Å². The molecule has 124 valence electrons. The molecule has 5 nitrogen and oxygen atoms in total. The zero-order valence-electron chi connectivity index (χ0n) is 13.8. The SMILES string of the molecule is Cc1cc2ccccc2n(CCC(=O)Nc2cccc(C#N)c2)c1=O. The van der Waals surface area contributed by atoms with E-state index in [1.165, 1.54) is 0 Å². The van der Waals surface area contributed by atoms with E-state index in [2.05, 4.69) is 5.32 Å². The number of nitriles is 1. The fraction of sp³-hybridized carbons (Fsp3) is 0.150. The van der Waals surface area contributed by atoms with Gasteiger partial charge in [-0.2, -0.15) is 5.26 Å². The van der Waals surface area contributed by atoms with Crippen LogP contribution in [0.5, 0.6) is 0 Å². The second-order valence-corrected chi connectivity index (χ2v) is 5.83. The highest BCUT2D eigenvalue weighted by Gasteiger charge is 2.09. The average Bonchev–Trinajstić information content (AvgIpc) is 2.62. The predicted molar refractivity (Wildman–Crippen MR) is 97.3 cm³/mol. The fourth-order valence-corrected chi connectivity index (χ4v) is 2.80. The summed E-state index contributed by atoms with van der Waals surface area (Å²) in [5.74, 6) is -0.201. The third kappa shape index (κ3) is 3.59. The zero-order valence-corrected chi connectivity index (χ0v) is 13.8. The van der Waals surface area contributed by atoms with Crippen LogP contribution in [0, 0.1) is 18.3 Å². The average molecular weight is 331 g/mol. The number of pyridine rings is 1. The number of para-hydroxylation sites is 1. The van der Waals surface area contributed by atoms with Gasteiger partial charge in [0.05, 0.1) is 17.1 Å². The molecule has 1 amide bonds. The first-order valence-electron chi connectivity index (χ1n) is 7.97. The smallest absolute Gasteiger partial charge is 0.253 e. The van der Waals surface area contributed by atoms with Gasteiger partial charge < -0.3 is 9.88 Å². The Kier molecular flexibility index (Phi) is 4.62. The first-order valence-corrected chi connectivity index (χ1v) is 7.97. The Hall–Kier alpha value is -3.39. The maximum Gasteiger partial charge on any atom is 0.253 e. The minimum absolute atomic E-state index is 0.0852. The quantitative estimate of drug-likeness (QED) is 0.797. The maximum atomic E-state index is 12.4. The molecule has 3 aromatic rings. The van der Waals surface area contributed by atoms with E-state index < -0.39 is 0 Å². The van der Waals surface area contributed by atoms with Crippen LogP contribution in [-0.2, 0) is 11.3 Å². The minimum atomic E-state index is -0.201. The van der Waals surface area contributed by atoms with Crippen molar-refractivity contribution in [3.8, 4) is 6.07 Å². The number of amides is 1. The van der Waals surface area contributed by atoms with Gasteiger partial charge in [0.15, 0.2) is 0 Å². The van der Waals surface area contributed by atoms with Crippen molar-refractivity contribution >= 4 is 22.5 Å². The lowest BCUT2D eigenvalue weighted by Gasteiger charge is -2.12. The number of fused-ring (bicyclic) bond motifs is 1. The highest BCUT2D eigenvalue weighted by atomic mass is 16.1. The van der Waals surface area contributed by atoms with Crippen LogP contribution in [0.4, 0.5) is 5.69 Å². The molecule has 0 radical (unpaired) electrons. The van der Waals surface area contributed by atoms with Gasteiger partial charge in [-0.3, -0.25) is 9.59 Å². The number of carbonyl (C=O) groups excluding carboxylic acids is 1. The summed E-state index contributed by atoms with van der Waals surface area (Å²) >= 11 is 0. The number of anilines is 1. The Bertz CT molecular complexity index is 1040. The van der Waals surface area contributed by atoms with Crippen LogP contribution in [0.2, 0.25) is 0 Å². The number of hydrogen-bond acceptors (Lipinski definition) is 3. The number of rotatable bonds is 4. The molecule has 0 aliphatic carbocycles. The van der Waals surface area contributed by atoms with E-state index in [1.807, 2.05) is 36.4 Å². The van der Waals surface area contributed by atoms with E-state index >= 15 is 0 Å². The van der Waals surface area contributed by atoms with E-state index in [0.717, 1.165) is 10.9 Å². The number of benzene rings is 2. The van der Waals surface area contributed by atoms with Gasteiger partial charge in [0.25, 0.3) is 5.56 Å². The molecule has 0 saturated carbocycles. The molecule has 25 heavy (non-hydrogen) atoms. The summed E-state index contributed by atoms with van der Waals surface area (Å²) in [6.45, 7) is 2.07. The summed E-state index contributed by atoms with van der Waals surface area (Å²) in [4.78, 5) is 24.6. The van der Waals surface area contributed by atoms with Crippen molar-refractivity contribution in [1.82, 2.24) is 4.57 Å². The van der Waals surface area contributed by atoms with Gasteiger partial charge in [-0.25, -0.2) is 0 Å². The second kappa shape index (κ2) is 7.02. The third-order valence-electron chi connectivity index (χ3n) is 4.02. The van der Waals surface area contributed by atoms with E-state index in [9.17, 15) is 9.59 Å². The van der Waals surface area contributed by atoms with Crippen molar-refractivity contribution < 1.29 is 4.79 Å². The largest absolute Gasteiger partial charge is 0.326 e. The highest BCUT2D eigenvalue weighted by molar-refractivity contribution is 5.91. The van der Waals surface area contributed by atoms with E-state index in [4.69, 9.17) is 5.26 Å². The third-order valence-corrected chi connectivity index (χ3v) is 4.02. The molecule has 0 spiro atoms. The van der Waals surface area contributed by atoms with Gasteiger partial charge in [0, 0.05) is 24.2 Å². The van der Waals surface area contributed by atoms with Crippen molar-refractivity contribution in [3.63, 3.8) is 0 Å². The van der Waals surface area contributed by atoms with Gasteiger partial charge >= 0.3 is 0 Å². The Morgan fingerprint density at radius 2 is 1.96 bits per heavy atom. The van der Waals surface area contributed by atoms with Crippen molar-refractivity contribution in [1.29, 1.82) is 5.26 Å². The van der Waals surface area contributed by atoms with Crippen LogP contribution in [0.3, 0.4) is 0 Å². The number of hydrogen-bond donors (Lipinski definition) is 1. The molecule has 0 aliphatic rings. The first-order chi connectivity index (χ1) is 12.1. The van der Waals surface area contributed by atoms with Gasteiger partial charge in [-0.15, -0.1) is 0 Å². The monoisotopic (exact) mass is 331 g/mol. The topological polar surface area (TPSA) is 74.9 Å². The summed E-state index contributed by atoms with van der Waals surface area (Å²) in [5.41, 5.74) is 2.44. The second-order valence-electron chi connectivity index (χ2n) is 5.83. The van der Waals surface area contributed by atoms with Gasteiger partial charge in [-0.05, 0) is 42.6 Å². The summed E-state index contributed by atoms with van der Waals surface area (Å²) in [7, 11) is 0. The minimum Gasteiger partial charge on any atom is -0.326 e. The van der Waals surface area contributed by atoms with Crippen LogP contribution in [0.15, 0.2) is 59.4 Å². The molecule has 5 heteroatoms. The first kappa shape index (κ1) is 16.5. The molecule has 0 fully saturated rings. The molecule has 2 aromatic carbocycles. The lowest BCUT2D eigenvalue weighted by molar-refractivity contribution is -0.116. The van der Waals surface area contributed by atoms with Crippen LogP contribution in [0.1, 0.15) is 17.5 Å².